The van der Waals surface area contributed by atoms with E-state index in [1.165, 1.54) is 0 Å². The molecule has 1 aromatic heterocycles. The Balaban J connectivity index is 2.19. The van der Waals surface area contributed by atoms with Crippen LogP contribution in [0.4, 0.5) is 0 Å². The fourth-order valence-electron chi connectivity index (χ4n) is 2.42. The summed E-state index contributed by atoms with van der Waals surface area (Å²) in [5, 5.41) is 19.4. The van der Waals surface area contributed by atoms with E-state index in [9.17, 15) is 10.2 Å². The Morgan fingerprint density at radius 1 is 0.773 bits per heavy atom. The lowest BCUT2D eigenvalue weighted by atomic mass is 10.0. The highest BCUT2D eigenvalue weighted by Crippen LogP contribution is 2.28. The van der Waals surface area contributed by atoms with Crippen LogP contribution >= 0.6 is 0 Å². The number of aromatic nitrogens is 3. The van der Waals surface area contributed by atoms with Crippen LogP contribution in [0, 0.1) is 13.8 Å². The van der Waals surface area contributed by atoms with E-state index in [0.29, 0.717) is 17.2 Å². The molecule has 0 radical (unpaired) electrons. The fraction of sp³-hybridized carbons (Fsp3) is 0.118. The van der Waals surface area contributed by atoms with Crippen LogP contribution in [0.3, 0.4) is 0 Å². The zero-order valence-corrected chi connectivity index (χ0v) is 12.3. The summed E-state index contributed by atoms with van der Waals surface area (Å²) in [6.45, 7) is 3.94. The van der Waals surface area contributed by atoms with Gasteiger partial charge in [0.1, 0.15) is 5.75 Å². The molecule has 0 bridgehead atoms. The largest absolute Gasteiger partial charge is 0.508 e. The van der Waals surface area contributed by atoms with E-state index >= 15 is 0 Å². The molecular weight excluding hydrogens is 278 g/mol. The van der Waals surface area contributed by atoms with Crippen molar-refractivity contribution in [2.24, 2.45) is 0 Å². The molecule has 5 nitrogen and oxygen atoms in total. The summed E-state index contributed by atoms with van der Waals surface area (Å²) in [5.41, 5.74) is 3.53. The molecular formula is C17H15N3O2. The lowest BCUT2D eigenvalue weighted by Crippen LogP contribution is -1.99. The van der Waals surface area contributed by atoms with E-state index in [0.717, 1.165) is 16.7 Å². The predicted molar refractivity (Wildman–Crippen MR) is 83.5 cm³/mol. The maximum absolute atomic E-state index is 9.84. The van der Waals surface area contributed by atoms with Gasteiger partial charge in [-0.3, -0.25) is 0 Å². The summed E-state index contributed by atoms with van der Waals surface area (Å²) in [5.74, 6) is 0.855. The van der Waals surface area contributed by atoms with Gasteiger partial charge in [0.25, 0.3) is 0 Å². The summed E-state index contributed by atoms with van der Waals surface area (Å²) < 4.78 is 0. The molecule has 0 aliphatic heterocycles. The Bertz CT molecular complexity index is 827. The van der Waals surface area contributed by atoms with Crippen molar-refractivity contribution in [1.82, 2.24) is 15.0 Å². The predicted octanol–water partition coefficient (Wildman–Crippen LogP) is 3.23. The van der Waals surface area contributed by atoms with Gasteiger partial charge in [0.2, 0.25) is 0 Å². The molecule has 0 fully saturated rings. The number of benzene rings is 2. The van der Waals surface area contributed by atoms with Crippen molar-refractivity contribution in [1.29, 1.82) is 0 Å². The average molecular weight is 293 g/mol. The summed E-state index contributed by atoms with van der Waals surface area (Å²) in [6, 6.07) is 12.1. The highest BCUT2D eigenvalue weighted by atomic mass is 16.3. The topological polar surface area (TPSA) is 79.1 Å². The average Bonchev–Trinajstić information content (AvgIpc) is 2.46. The molecule has 3 rings (SSSR count). The maximum Gasteiger partial charge on any atom is 0.318 e. The lowest BCUT2D eigenvalue weighted by molar-refractivity contribution is 0.429. The SMILES string of the molecule is Cc1cccc(C)c1-c1nc(O)nc(-c2cccc(O)c2)n1. The molecule has 0 saturated heterocycles. The van der Waals surface area contributed by atoms with Crippen LogP contribution in [0.2, 0.25) is 0 Å². The molecule has 22 heavy (non-hydrogen) atoms. The normalized spacial score (nSPS) is 10.6. The zero-order valence-electron chi connectivity index (χ0n) is 12.3. The Morgan fingerprint density at radius 3 is 2.09 bits per heavy atom. The van der Waals surface area contributed by atoms with E-state index in [4.69, 9.17) is 0 Å². The first-order valence-corrected chi connectivity index (χ1v) is 6.85. The lowest BCUT2D eigenvalue weighted by Gasteiger charge is -2.09. The van der Waals surface area contributed by atoms with E-state index in [1.54, 1.807) is 24.3 Å². The van der Waals surface area contributed by atoms with Crippen molar-refractivity contribution in [3.05, 3.63) is 53.6 Å². The van der Waals surface area contributed by atoms with Crippen molar-refractivity contribution < 1.29 is 10.2 Å². The van der Waals surface area contributed by atoms with Gasteiger partial charge in [0.15, 0.2) is 11.6 Å². The van der Waals surface area contributed by atoms with Crippen LogP contribution in [-0.2, 0) is 0 Å². The Morgan fingerprint density at radius 2 is 1.41 bits per heavy atom. The Hall–Kier alpha value is -2.95. The molecule has 0 atom stereocenters. The minimum absolute atomic E-state index is 0.117. The first kappa shape index (κ1) is 14.0. The van der Waals surface area contributed by atoms with Crippen LogP contribution in [-0.4, -0.2) is 25.2 Å². The van der Waals surface area contributed by atoms with Gasteiger partial charge in [0.05, 0.1) is 0 Å². The summed E-state index contributed by atoms with van der Waals surface area (Å²) >= 11 is 0. The van der Waals surface area contributed by atoms with E-state index in [2.05, 4.69) is 15.0 Å². The number of nitrogens with zero attached hydrogens (tertiary/aromatic N) is 3. The van der Waals surface area contributed by atoms with Crippen molar-refractivity contribution in [2.75, 3.05) is 0 Å². The molecule has 1 heterocycles. The van der Waals surface area contributed by atoms with Crippen molar-refractivity contribution in [3.63, 3.8) is 0 Å². The molecule has 5 heteroatoms. The van der Waals surface area contributed by atoms with Crippen molar-refractivity contribution in [2.45, 2.75) is 13.8 Å². The highest BCUT2D eigenvalue weighted by Gasteiger charge is 2.13. The first-order valence-electron chi connectivity index (χ1n) is 6.85. The zero-order chi connectivity index (χ0) is 15.7. The Labute approximate surface area is 128 Å². The van der Waals surface area contributed by atoms with Crippen molar-refractivity contribution in [3.8, 4) is 34.5 Å². The maximum atomic E-state index is 9.84. The fourth-order valence-corrected chi connectivity index (χ4v) is 2.42. The molecule has 0 aliphatic rings. The van der Waals surface area contributed by atoms with Gasteiger partial charge in [-0.25, -0.2) is 4.98 Å². The molecule has 2 aromatic carbocycles. The molecule has 0 amide bonds. The smallest absolute Gasteiger partial charge is 0.318 e. The van der Waals surface area contributed by atoms with Crippen LogP contribution in [0.1, 0.15) is 11.1 Å². The third-order valence-corrected chi connectivity index (χ3v) is 3.43. The van der Waals surface area contributed by atoms with Gasteiger partial charge in [-0.1, -0.05) is 30.3 Å². The standard InChI is InChI=1S/C17H15N3O2/c1-10-5-3-6-11(2)14(10)16-18-15(19-17(22)20-16)12-7-4-8-13(21)9-12/h3-9,21H,1-2H3,(H,18,19,20,22). The number of phenolic OH excluding ortho intramolecular Hbond substituents is 1. The molecule has 0 spiro atoms. The number of hydrogen-bond donors (Lipinski definition) is 2. The molecule has 110 valence electrons. The molecule has 0 unspecified atom stereocenters. The number of aromatic hydroxyl groups is 2. The number of aryl methyl sites for hydroxylation is 2. The van der Waals surface area contributed by atoms with Crippen LogP contribution in [0.15, 0.2) is 42.5 Å². The van der Waals surface area contributed by atoms with E-state index in [-0.39, 0.29) is 11.8 Å². The highest BCUT2D eigenvalue weighted by molar-refractivity contribution is 5.67. The second-order valence-electron chi connectivity index (χ2n) is 5.10. The van der Waals surface area contributed by atoms with Gasteiger partial charge < -0.3 is 10.2 Å². The number of phenols is 1. The van der Waals surface area contributed by atoms with Gasteiger partial charge >= 0.3 is 6.01 Å². The number of rotatable bonds is 2. The van der Waals surface area contributed by atoms with Crippen LogP contribution in [0.25, 0.3) is 22.8 Å². The quantitative estimate of drug-likeness (QED) is 0.758. The summed E-state index contributed by atoms with van der Waals surface area (Å²) in [7, 11) is 0. The van der Waals surface area contributed by atoms with Gasteiger partial charge in [-0.15, -0.1) is 0 Å². The number of hydrogen-bond acceptors (Lipinski definition) is 5. The molecule has 3 aromatic rings. The third-order valence-electron chi connectivity index (χ3n) is 3.43. The monoisotopic (exact) mass is 293 g/mol. The van der Waals surface area contributed by atoms with Gasteiger partial charge in [0, 0.05) is 11.1 Å². The molecule has 2 N–H and O–H groups in total. The van der Waals surface area contributed by atoms with Crippen LogP contribution in [0.5, 0.6) is 11.8 Å². The second kappa shape index (κ2) is 5.44. The second-order valence-corrected chi connectivity index (χ2v) is 5.10. The minimum Gasteiger partial charge on any atom is -0.508 e. The van der Waals surface area contributed by atoms with Gasteiger partial charge in [-0.05, 0) is 37.1 Å². The van der Waals surface area contributed by atoms with E-state index < -0.39 is 0 Å². The van der Waals surface area contributed by atoms with Gasteiger partial charge in [-0.2, -0.15) is 9.97 Å². The Kier molecular flexibility index (Phi) is 3.47. The minimum atomic E-state index is -0.342. The summed E-state index contributed by atoms with van der Waals surface area (Å²) in [4.78, 5) is 12.4. The van der Waals surface area contributed by atoms with E-state index in [1.807, 2.05) is 32.0 Å². The summed E-state index contributed by atoms with van der Waals surface area (Å²) in [6.07, 6.45) is 0. The molecule has 0 aliphatic carbocycles. The molecule has 0 saturated carbocycles. The van der Waals surface area contributed by atoms with Crippen LogP contribution < -0.4 is 0 Å². The van der Waals surface area contributed by atoms with Crippen molar-refractivity contribution >= 4 is 0 Å². The third kappa shape index (κ3) is 2.61. The first-order chi connectivity index (χ1) is 10.5.